The maximum Gasteiger partial charge on any atom is 0.272 e. The van der Waals surface area contributed by atoms with E-state index in [0.29, 0.717) is 0 Å². The molecular formula is C9H8FNO3. The van der Waals surface area contributed by atoms with Gasteiger partial charge in [-0.05, 0) is 18.6 Å². The number of nitrogens with zero attached hydrogens (tertiary/aromatic N) is 1. The highest BCUT2D eigenvalue weighted by molar-refractivity contribution is 5.78. The number of carbonyl (C=O) groups excluding carboxylic acids is 1. The van der Waals surface area contributed by atoms with Crippen molar-refractivity contribution in [1.29, 1.82) is 0 Å². The molecule has 0 aromatic heterocycles. The highest BCUT2D eigenvalue weighted by atomic mass is 19.1. The van der Waals surface area contributed by atoms with Crippen LogP contribution in [0.3, 0.4) is 0 Å². The molecule has 5 heteroatoms. The van der Waals surface area contributed by atoms with Crippen LogP contribution in [0.4, 0.5) is 10.1 Å². The Bertz CT molecular complexity index is 390. The van der Waals surface area contributed by atoms with E-state index in [1.165, 1.54) is 19.1 Å². The Kier molecular flexibility index (Phi) is 2.91. The molecule has 1 aromatic carbocycles. The van der Waals surface area contributed by atoms with Crippen molar-refractivity contribution in [2.45, 2.75) is 13.3 Å². The predicted molar refractivity (Wildman–Crippen MR) is 47.4 cm³/mol. The number of nitro benzene ring substituents is 1. The van der Waals surface area contributed by atoms with Gasteiger partial charge in [0.1, 0.15) is 11.6 Å². The summed E-state index contributed by atoms with van der Waals surface area (Å²) >= 11 is 0. The number of halogens is 1. The molecule has 0 heterocycles. The second-order valence-electron chi connectivity index (χ2n) is 2.91. The van der Waals surface area contributed by atoms with Crippen molar-refractivity contribution in [3.8, 4) is 0 Å². The Labute approximate surface area is 79.5 Å². The molecule has 0 spiro atoms. The number of hydrogen-bond acceptors (Lipinski definition) is 3. The van der Waals surface area contributed by atoms with Crippen molar-refractivity contribution in [2.24, 2.45) is 0 Å². The van der Waals surface area contributed by atoms with Crippen molar-refractivity contribution in [3.05, 3.63) is 39.7 Å². The van der Waals surface area contributed by atoms with E-state index in [2.05, 4.69) is 0 Å². The van der Waals surface area contributed by atoms with Gasteiger partial charge in [0, 0.05) is 12.5 Å². The van der Waals surface area contributed by atoms with Crippen LogP contribution in [0.25, 0.3) is 0 Å². The molecule has 0 saturated carbocycles. The van der Waals surface area contributed by atoms with Crippen LogP contribution < -0.4 is 0 Å². The largest absolute Gasteiger partial charge is 0.300 e. The number of rotatable bonds is 3. The summed E-state index contributed by atoms with van der Waals surface area (Å²) in [4.78, 5) is 20.3. The van der Waals surface area contributed by atoms with E-state index in [1.807, 2.05) is 0 Å². The van der Waals surface area contributed by atoms with E-state index in [1.54, 1.807) is 0 Å². The molecule has 0 N–H and O–H groups in total. The summed E-state index contributed by atoms with van der Waals surface area (Å²) in [7, 11) is 0. The van der Waals surface area contributed by atoms with Crippen LogP contribution in [0.2, 0.25) is 0 Å². The zero-order valence-electron chi connectivity index (χ0n) is 7.49. The van der Waals surface area contributed by atoms with Crippen LogP contribution in [-0.2, 0) is 11.2 Å². The van der Waals surface area contributed by atoms with Gasteiger partial charge in [-0.15, -0.1) is 0 Å². The lowest BCUT2D eigenvalue weighted by molar-refractivity contribution is -0.385. The molecule has 4 nitrogen and oxygen atoms in total. The van der Waals surface area contributed by atoms with E-state index < -0.39 is 10.7 Å². The van der Waals surface area contributed by atoms with E-state index in [0.717, 1.165) is 6.07 Å². The zero-order chi connectivity index (χ0) is 10.7. The molecule has 0 bridgehead atoms. The average Bonchev–Trinajstić information content (AvgIpc) is 2.07. The smallest absolute Gasteiger partial charge is 0.272 e. The first-order chi connectivity index (χ1) is 6.50. The van der Waals surface area contributed by atoms with Crippen LogP contribution in [0, 0.1) is 15.9 Å². The van der Waals surface area contributed by atoms with Crippen molar-refractivity contribution in [1.82, 2.24) is 0 Å². The summed E-state index contributed by atoms with van der Waals surface area (Å²) in [6.07, 6.45) is -0.0379. The Morgan fingerprint density at radius 3 is 2.64 bits per heavy atom. The van der Waals surface area contributed by atoms with Crippen LogP contribution in [-0.4, -0.2) is 10.7 Å². The molecule has 0 fully saturated rings. The van der Waals surface area contributed by atoms with Gasteiger partial charge < -0.3 is 0 Å². The SMILES string of the molecule is CC(=O)Cc1ccc([N+](=O)[O-])cc1F. The summed E-state index contributed by atoms with van der Waals surface area (Å²) in [5, 5.41) is 10.3. The molecule has 0 aliphatic heterocycles. The standard InChI is InChI=1S/C9H8FNO3/c1-6(12)4-7-2-3-8(11(13)14)5-9(7)10/h2-3,5H,4H2,1H3. The minimum atomic E-state index is -0.714. The zero-order valence-corrected chi connectivity index (χ0v) is 7.49. The molecule has 0 aliphatic carbocycles. The normalized spacial score (nSPS) is 9.86. The fraction of sp³-hybridized carbons (Fsp3) is 0.222. The molecule has 0 amide bonds. The van der Waals surface area contributed by atoms with Crippen molar-refractivity contribution in [2.75, 3.05) is 0 Å². The highest BCUT2D eigenvalue weighted by Crippen LogP contribution is 2.16. The molecule has 0 saturated heterocycles. The maximum atomic E-state index is 13.1. The minimum absolute atomic E-state index is 0.0379. The van der Waals surface area contributed by atoms with E-state index in [9.17, 15) is 19.3 Å². The first kappa shape index (κ1) is 10.3. The number of Topliss-reactive ketones (excluding diaryl/α,β-unsaturated/α-hetero) is 1. The van der Waals surface area contributed by atoms with Gasteiger partial charge in [0.05, 0.1) is 11.0 Å². The van der Waals surface area contributed by atoms with Gasteiger partial charge in [0.2, 0.25) is 0 Å². The number of carbonyl (C=O) groups is 1. The quantitative estimate of drug-likeness (QED) is 0.548. The van der Waals surface area contributed by atoms with Gasteiger partial charge in [-0.1, -0.05) is 0 Å². The summed E-state index contributed by atoms with van der Waals surface area (Å²) in [5.41, 5.74) is -0.127. The minimum Gasteiger partial charge on any atom is -0.300 e. The van der Waals surface area contributed by atoms with E-state index in [4.69, 9.17) is 0 Å². The topological polar surface area (TPSA) is 60.2 Å². The number of hydrogen-bond donors (Lipinski definition) is 0. The fourth-order valence-corrected chi connectivity index (χ4v) is 1.06. The van der Waals surface area contributed by atoms with Crippen LogP contribution in [0.15, 0.2) is 18.2 Å². The number of nitro groups is 1. The first-order valence-electron chi connectivity index (χ1n) is 3.93. The summed E-state index contributed by atoms with van der Waals surface area (Å²) in [6.45, 7) is 1.33. The lowest BCUT2D eigenvalue weighted by Gasteiger charge is -1.99. The molecule has 0 radical (unpaired) electrons. The summed E-state index contributed by atoms with van der Waals surface area (Å²) in [6, 6.07) is 3.26. The maximum absolute atomic E-state index is 13.1. The number of ketones is 1. The molecule has 74 valence electrons. The Hall–Kier alpha value is -1.78. The van der Waals surface area contributed by atoms with Crippen molar-refractivity contribution in [3.63, 3.8) is 0 Å². The summed E-state index contributed by atoms with van der Waals surface area (Å²) < 4.78 is 13.1. The lowest BCUT2D eigenvalue weighted by Crippen LogP contribution is -2.00. The number of non-ortho nitro benzene ring substituents is 1. The molecule has 0 atom stereocenters. The summed E-state index contributed by atoms with van der Waals surface area (Å²) in [5.74, 6) is -0.896. The molecule has 1 rings (SSSR count). The first-order valence-corrected chi connectivity index (χ1v) is 3.93. The third-order valence-electron chi connectivity index (χ3n) is 1.69. The van der Waals surface area contributed by atoms with Gasteiger partial charge in [-0.25, -0.2) is 4.39 Å². The van der Waals surface area contributed by atoms with Gasteiger partial charge in [0.15, 0.2) is 0 Å². The van der Waals surface area contributed by atoms with Crippen LogP contribution >= 0.6 is 0 Å². The lowest BCUT2D eigenvalue weighted by atomic mass is 10.1. The van der Waals surface area contributed by atoms with Crippen molar-refractivity contribution < 1.29 is 14.1 Å². The average molecular weight is 197 g/mol. The molecular weight excluding hydrogens is 189 g/mol. The van der Waals surface area contributed by atoms with Gasteiger partial charge in [-0.2, -0.15) is 0 Å². The molecule has 0 aliphatic rings. The second kappa shape index (κ2) is 3.95. The Morgan fingerprint density at radius 2 is 2.21 bits per heavy atom. The molecule has 1 aromatic rings. The van der Waals surface area contributed by atoms with Crippen molar-refractivity contribution >= 4 is 11.5 Å². The fourth-order valence-electron chi connectivity index (χ4n) is 1.06. The Balaban J connectivity index is 3.01. The van der Waals surface area contributed by atoms with Gasteiger partial charge >= 0.3 is 0 Å². The molecule has 0 unspecified atom stereocenters. The number of benzene rings is 1. The highest BCUT2D eigenvalue weighted by Gasteiger charge is 2.11. The molecule has 14 heavy (non-hydrogen) atoms. The van der Waals surface area contributed by atoms with E-state index in [-0.39, 0.29) is 23.5 Å². The van der Waals surface area contributed by atoms with Gasteiger partial charge in [-0.3, -0.25) is 14.9 Å². The van der Waals surface area contributed by atoms with Crippen LogP contribution in [0.5, 0.6) is 0 Å². The third-order valence-corrected chi connectivity index (χ3v) is 1.69. The second-order valence-corrected chi connectivity index (χ2v) is 2.91. The van der Waals surface area contributed by atoms with Gasteiger partial charge in [0.25, 0.3) is 5.69 Å². The third kappa shape index (κ3) is 2.35. The monoisotopic (exact) mass is 197 g/mol. The van der Waals surface area contributed by atoms with Crippen LogP contribution in [0.1, 0.15) is 12.5 Å². The predicted octanol–water partition coefficient (Wildman–Crippen LogP) is 1.87. The van der Waals surface area contributed by atoms with E-state index >= 15 is 0 Å². The Morgan fingerprint density at radius 1 is 1.57 bits per heavy atom.